The molecular weight excluding hydrogens is 285 g/mol. The summed E-state index contributed by atoms with van der Waals surface area (Å²) in [7, 11) is -2.16. The fourth-order valence-corrected chi connectivity index (χ4v) is 2.95. The average molecular weight is 298 g/mol. The molecule has 1 aromatic rings. The van der Waals surface area contributed by atoms with E-state index in [4.69, 9.17) is 27.9 Å². The van der Waals surface area contributed by atoms with Gasteiger partial charge in [0.1, 0.15) is 4.90 Å². The maximum Gasteiger partial charge on any atom is 0.242 e. The van der Waals surface area contributed by atoms with E-state index in [9.17, 15) is 8.42 Å². The zero-order chi connectivity index (χ0) is 13.1. The van der Waals surface area contributed by atoms with Gasteiger partial charge in [-0.05, 0) is 19.1 Å². The minimum absolute atomic E-state index is 0.0201. The van der Waals surface area contributed by atoms with E-state index in [1.807, 2.05) is 0 Å². The molecule has 1 atom stereocenters. The van der Waals surface area contributed by atoms with Gasteiger partial charge in [-0.3, -0.25) is 0 Å². The van der Waals surface area contributed by atoms with Gasteiger partial charge in [-0.2, -0.15) is 0 Å². The van der Waals surface area contributed by atoms with Crippen molar-refractivity contribution in [3.05, 3.63) is 28.2 Å². The highest BCUT2D eigenvalue weighted by molar-refractivity contribution is 7.89. The largest absolute Gasteiger partial charge is 0.380 e. The van der Waals surface area contributed by atoms with Gasteiger partial charge in [-0.15, -0.1) is 0 Å². The molecule has 4 nitrogen and oxygen atoms in total. The van der Waals surface area contributed by atoms with Crippen molar-refractivity contribution in [1.82, 2.24) is 4.72 Å². The third-order valence-corrected chi connectivity index (χ3v) is 4.57. The first-order chi connectivity index (χ1) is 7.88. The van der Waals surface area contributed by atoms with E-state index < -0.39 is 10.0 Å². The molecule has 0 saturated carbocycles. The number of methoxy groups -OCH3 is 1. The lowest BCUT2D eigenvalue weighted by molar-refractivity contribution is 0.122. The molecule has 0 saturated heterocycles. The van der Waals surface area contributed by atoms with E-state index in [1.54, 1.807) is 6.92 Å². The molecule has 0 aliphatic heterocycles. The van der Waals surface area contributed by atoms with Crippen LogP contribution in [0.3, 0.4) is 0 Å². The van der Waals surface area contributed by atoms with Crippen molar-refractivity contribution < 1.29 is 13.2 Å². The number of sulfonamides is 1. The highest BCUT2D eigenvalue weighted by atomic mass is 35.5. The summed E-state index contributed by atoms with van der Waals surface area (Å²) < 4.78 is 31.2. The van der Waals surface area contributed by atoms with Crippen LogP contribution in [-0.4, -0.2) is 28.2 Å². The molecule has 1 unspecified atom stereocenters. The van der Waals surface area contributed by atoms with Crippen molar-refractivity contribution in [2.75, 3.05) is 13.7 Å². The maximum atomic E-state index is 11.9. The first-order valence-corrected chi connectivity index (χ1v) is 7.09. The summed E-state index contributed by atoms with van der Waals surface area (Å²) in [4.78, 5) is -0.0324. The first-order valence-electron chi connectivity index (χ1n) is 4.85. The molecule has 0 amide bonds. The van der Waals surface area contributed by atoms with Gasteiger partial charge in [0.05, 0.1) is 16.1 Å². The number of halogens is 2. The van der Waals surface area contributed by atoms with E-state index in [0.717, 1.165) is 0 Å². The van der Waals surface area contributed by atoms with Crippen molar-refractivity contribution in [2.24, 2.45) is 0 Å². The quantitative estimate of drug-likeness (QED) is 0.907. The molecule has 1 aromatic carbocycles. The van der Waals surface area contributed by atoms with Gasteiger partial charge in [0, 0.05) is 13.7 Å². The molecule has 0 spiro atoms. The number of ether oxygens (including phenoxy) is 1. The first kappa shape index (κ1) is 14.7. The Hall–Kier alpha value is -0.330. The Labute approximate surface area is 111 Å². The fraction of sp³-hybridized carbons (Fsp3) is 0.400. The number of nitrogens with one attached hydrogen (secondary N) is 1. The van der Waals surface area contributed by atoms with Crippen LogP contribution in [0.15, 0.2) is 23.1 Å². The lowest BCUT2D eigenvalue weighted by atomic mass is 10.4. The van der Waals surface area contributed by atoms with Gasteiger partial charge in [0.25, 0.3) is 0 Å². The molecule has 0 aromatic heterocycles. The zero-order valence-electron chi connectivity index (χ0n) is 9.41. The van der Waals surface area contributed by atoms with E-state index in [0.29, 0.717) is 0 Å². The highest BCUT2D eigenvalue weighted by Gasteiger charge is 2.19. The smallest absolute Gasteiger partial charge is 0.242 e. The molecule has 1 N–H and O–H groups in total. The summed E-state index contributed by atoms with van der Waals surface area (Å²) in [6.45, 7) is 1.92. The van der Waals surface area contributed by atoms with Crippen molar-refractivity contribution in [1.29, 1.82) is 0 Å². The molecule has 0 fully saturated rings. The second kappa shape index (κ2) is 6.02. The molecular formula is C10H13Cl2NO3S. The van der Waals surface area contributed by atoms with Crippen molar-refractivity contribution in [3.63, 3.8) is 0 Å². The van der Waals surface area contributed by atoms with Crippen LogP contribution in [0.25, 0.3) is 0 Å². The number of benzene rings is 1. The lowest BCUT2D eigenvalue weighted by Gasteiger charge is -2.12. The van der Waals surface area contributed by atoms with E-state index in [2.05, 4.69) is 4.72 Å². The summed E-state index contributed by atoms with van der Waals surface area (Å²) in [5.74, 6) is 0. The molecule has 17 heavy (non-hydrogen) atoms. The van der Waals surface area contributed by atoms with Gasteiger partial charge in [-0.1, -0.05) is 29.3 Å². The Bertz CT molecular complexity index is 490. The Morgan fingerprint density at radius 2 is 2.06 bits per heavy atom. The molecule has 0 heterocycles. The third kappa shape index (κ3) is 3.82. The van der Waals surface area contributed by atoms with E-state index >= 15 is 0 Å². The Morgan fingerprint density at radius 1 is 1.41 bits per heavy atom. The molecule has 7 heteroatoms. The van der Waals surface area contributed by atoms with Crippen LogP contribution < -0.4 is 4.72 Å². The highest BCUT2D eigenvalue weighted by Crippen LogP contribution is 2.28. The van der Waals surface area contributed by atoms with Gasteiger partial charge in [0.2, 0.25) is 10.0 Å². The normalized spacial score (nSPS) is 13.6. The zero-order valence-corrected chi connectivity index (χ0v) is 11.7. The summed E-state index contributed by atoms with van der Waals surface area (Å²) in [5.41, 5.74) is 0. The third-order valence-electron chi connectivity index (χ3n) is 2.17. The van der Waals surface area contributed by atoms with Crippen LogP contribution in [0.5, 0.6) is 0 Å². The second-order valence-electron chi connectivity index (χ2n) is 3.45. The predicted octanol–water partition coefficient (Wildman–Crippen LogP) is 2.31. The summed E-state index contributed by atoms with van der Waals surface area (Å²) in [6, 6.07) is 4.46. The Kier molecular flexibility index (Phi) is 5.22. The summed E-state index contributed by atoms with van der Waals surface area (Å²) in [5, 5.41) is 0.223. The molecule has 0 aliphatic carbocycles. The fourth-order valence-electron chi connectivity index (χ4n) is 1.08. The van der Waals surface area contributed by atoms with Crippen molar-refractivity contribution >= 4 is 33.2 Å². The van der Waals surface area contributed by atoms with Crippen LogP contribution in [0, 0.1) is 0 Å². The van der Waals surface area contributed by atoms with Gasteiger partial charge in [-0.25, -0.2) is 13.1 Å². The van der Waals surface area contributed by atoms with E-state index in [-0.39, 0.29) is 27.6 Å². The SMILES string of the molecule is COC(C)CNS(=O)(=O)c1cccc(Cl)c1Cl. The summed E-state index contributed by atoms with van der Waals surface area (Å²) in [6.07, 6.45) is -0.220. The van der Waals surface area contributed by atoms with Crippen LogP contribution >= 0.6 is 23.2 Å². The second-order valence-corrected chi connectivity index (χ2v) is 5.97. The average Bonchev–Trinajstić information content (AvgIpc) is 2.29. The van der Waals surface area contributed by atoms with Crippen molar-refractivity contribution in [2.45, 2.75) is 17.9 Å². The Balaban J connectivity index is 2.94. The molecule has 1 rings (SSSR count). The van der Waals surface area contributed by atoms with Crippen molar-refractivity contribution in [3.8, 4) is 0 Å². The minimum atomic E-state index is -3.66. The van der Waals surface area contributed by atoms with Crippen LogP contribution in [0.4, 0.5) is 0 Å². The summed E-state index contributed by atoms with van der Waals surface area (Å²) >= 11 is 11.6. The Morgan fingerprint density at radius 3 is 2.65 bits per heavy atom. The molecule has 96 valence electrons. The number of rotatable bonds is 5. The number of hydrogen-bond acceptors (Lipinski definition) is 3. The van der Waals surface area contributed by atoms with Crippen LogP contribution in [-0.2, 0) is 14.8 Å². The maximum absolute atomic E-state index is 11.9. The minimum Gasteiger partial charge on any atom is -0.380 e. The monoisotopic (exact) mass is 297 g/mol. The standard InChI is InChI=1S/C10H13Cl2NO3S/c1-7(16-2)6-13-17(14,15)9-5-3-4-8(11)10(9)12/h3-5,7,13H,6H2,1-2H3. The van der Waals surface area contributed by atoms with Crippen LogP contribution in [0.1, 0.15) is 6.92 Å². The van der Waals surface area contributed by atoms with E-state index in [1.165, 1.54) is 25.3 Å². The topological polar surface area (TPSA) is 55.4 Å². The predicted molar refractivity (Wildman–Crippen MR) is 68.1 cm³/mol. The van der Waals surface area contributed by atoms with Gasteiger partial charge in [0.15, 0.2) is 0 Å². The molecule has 0 aliphatic rings. The molecule has 0 radical (unpaired) electrons. The van der Waals surface area contributed by atoms with Gasteiger partial charge >= 0.3 is 0 Å². The number of hydrogen-bond donors (Lipinski definition) is 1. The van der Waals surface area contributed by atoms with Crippen LogP contribution in [0.2, 0.25) is 10.0 Å². The molecule has 0 bridgehead atoms. The lowest BCUT2D eigenvalue weighted by Crippen LogP contribution is -2.31. The van der Waals surface area contributed by atoms with Gasteiger partial charge < -0.3 is 4.74 Å².